The molecule has 6 nitrogen and oxygen atoms in total. The van der Waals surface area contributed by atoms with Gasteiger partial charge in [0.2, 0.25) is 0 Å². The van der Waals surface area contributed by atoms with Crippen molar-refractivity contribution in [1.29, 1.82) is 0 Å². The van der Waals surface area contributed by atoms with Gasteiger partial charge in [-0.05, 0) is 6.42 Å². The van der Waals surface area contributed by atoms with Crippen molar-refractivity contribution in [2.24, 2.45) is 0 Å². The van der Waals surface area contributed by atoms with Gasteiger partial charge in [0.05, 0.1) is 6.33 Å². The summed E-state index contributed by atoms with van der Waals surface area (Å²) in [6, 6.07) is 1.93. The molecule has 0 aliphatic carbocycles. The monoisotopic (exact) mass is 260 g/mol. The Kier molecular flexibility index (Phi) is 4.72. The molecule has 0 aromatic carbocycles. The van der Waals surface area contributed by atoms with Crippen molar-refractivity contribution in [3.05, 3.63) is 30.6 Å². The van der Waals surface area contributed by atoms with Crippen LogP contribution in [-0.4, -0.2) is 33.1 Å². The Labute approximate surface area is 113 Å². The van der Waals surface area contributed by atoms with Gasteiger partial charge in [-0.1, -0.05) is 6.92 Å². The van der Waals surface area contributed by atoms with E-state index in [1.165, 1.54) is 0 Å². The average Bonchev–Trinajstić information content (AvgIpc) is 2.96. The summed E-state index contributed by atoms with van der Waals surface area (Å²) in [4.78, 5) is 12.8. The summed E-state index contributed by atoms with van der Waals surface area (Å²) in [7, 11) is 1.87. The molecule has 0 amide bonds. The van der Waals surface area contributed by atoms with Gasteiger partial charge < -0.3 is 15.2 Å². The molecule has 0 saturated carbocycles. The van der Waals surface area contributed by atoms with Crippen molar-refractivity contribution < 1.29 is 0 Å². The van der Waals surface area contributed by atoms with E-state index < -0.39 is 0 Å². The minimum Gasteiger partial charge on any atom is -0.373 e. The Bertz CT molecular complexity index is 472. The van der Waals surface area contributed by atoms with Crippen LogP contribution in [0.4, 0.5) is 11.6 Å². The number of nitrogens with one attached hydrogen (secondary N) is 2. The molecular weight excluding hydrogens is 240 g/mol. The lowest BCUT2D eigenvalue weighted by atomic mass is 10.4. The van der Waals surface area contributed by atoms with Crippen LogP contribution in [-0.2, 0) is 13.0 Å². The minimum absolute atomic E-state index is 0.833. The Morgan fingerprint density at radius 3 is 2.79 bits per heavy atom. The van der Waals surface area contributed by atoms with E-state index >= 15 is 0 Å². The number of rotatable bonds is 7. The topological polar surface area (TPSA) is 67.7 Å². The standard InChI is InChI=1S/C13H20N6/c1-3-11-17-12(14-2)9-13(18-11)16-5-4-7-19-8-6-15-10-19/h6,8-10H,3-5,7H2,1-2H3,(H2,14,16,17,18). The maximum atomic E-state index is 4.45. The van der Waals surface area contributed by atoms with Crippen LogP contribution >= 0.6 is 0 Å². The van der Waals surface area contributed by atoms with Crippen molar-refractivity contribution in [2.75, 3.05) is 24.2 Å². The highest BCUT2D eigenvalue weighted by Gasteiger charge is 2.01. The number of nitrogens with zero attached hydrogens (tertiary/aromatic N) is 4. The zero-order chi connectivity index (χ0) is 13.5. The van der Waals surface area contributed by atoms with E-state index in [-0.39, 0.29) is 0 Å². The zero-order valence-corrected chi connectivity index (χ0v) is 11.4. The smallest absolute Gasteiger partial charge is 0.132 e. The molecule has 0 saturated heterocycles. The molecule has 0 spiro atoms. The van der Waals surface area contributed by atoms with Crippen LogP contribution in [0.25, 0.3) is 0 Å². The van der Waals surface area contributed by atoms with Gasteiger partial charge in [-0.2, -0.15) is 0 Å². The molecular formula is C13H20N6. The molecule has 0 bridgehead atoms. The van der Waals surface area contributed by atoms with E-state index in [0.717, 1.165) is 43.4 Å². The predicted octanol–water partition coefficient (Wildman–Crippen LogP) is 1.78. The normalized spacial score (nSPS) is 10.4. The van der Waals surface area contributed by atoms with Gasteiger partial charge in [0.1, 0.15) is 17.5 Å². The Balaban J connectivity index is 1.84. The Morgan fingerprint density at radius 1 is 1.26 bits per heavy atom. The highest BCUT2D eigenvalue weighted by molar-refractivity contribution is 5.47. The van der Waals surface area contributed by atoms with E-state index in [9.17, 15) is 0 Å². The van der Waals surface area contributed by atoms with E-state index in [0.29, 0.717) is 0 Å². The summed E-state index contributed by atoms with van der Waals surface area (Å²) in [5.41, 5.74) is 0. The summed E-state index contributed by atoms with van der Waals surface area (Å²) < 4.78 is 2.07. The number of aryl methyl sites for hydroxylation is 2. The fourth-order valence-electron chi connectivity index (χ4n) is 1.77. The van der Waals surface area contributed by atoms with Crippen molar-refractivity contribution in [2.45, 2.75) is 26.3 Å². The maximum Gasteiger partial charge on any atom is 0.132 e. The molecule has 0 radical (unpaired) electrons. The summed E-state index contributed by atoms with van der Waals surface area (Å²) in [5, 5.41) is 6.38. The second kappa shape index (κ2) is 6.72. The number of anilines is 2. The van der Waals surface area contributed by atoms with Crippen LogP contribution in [0.2, 0.25) is 0 Å². The third-order valence-corrected chi connectivity index (χ3v) is 2.80. The molecule has 0 fully saturated rings. The number of hydrogen-bond donors (Lipinski definition) is 2. The molecule has 2 aromatic heterocycles. The highest BCUT2D eigenvalue weighted by atomic mass is 15.1. The summed E-state index contributed by atoms with van der Waals surface area (Å²) in [5.74, 6) is 2.58. The predicted molar refractivity (Wildman–Crippen MR) is 76.3 cm³/mol. The van der Waals surface area contributed by atoms with E-state index in [1.54, 1.807) is 6.20 Å². The molecule has 102 valence electrons. The summed E-state index contributed by atoms with van der Waals surface area (Å²) in [6.07, 6.45) is 7.46. The third-order valence-electron chi connectivity index (χ3n) is 2.80. The molecule has 0 unspecified atom stereocenters. The largest absolute Gasteiger partial charge is 0.373 e. The Hall–Kier alpha value is -2.11. The zero-order valence-electron chi connectivity index (χ0n) is 11.4. The van der Waals surface area contributed by atoms with Crippen LogP contribution in [0.5, 0.6) is 0 Å². The SMILES string of the molecule is CCc1nc(NC)cc(NCCCn2ccnc2)n1. The van der Waals surface area contributed by atoms with Crippen molar-refractivity contribution >= 4 is 11.6 Å². The number of aromatic nitrogens is 4. The number of hydrogen-bond acceptors (Lipinski definition) is 5. The second-order valence-corrected chi connectivity index (χ2v) is 4.24. The molecule has 2 rings (SSSR count). The minimum atomic E-state index is 0.833. The fourth-order valence-corrected chi connectivity index (χ4v) is 1.77. The first-order valence-corrected chi connectivity index (χ1v) is 6.57. The van der Waals surface area contributed by atoms with Crippen LogP contribution in [0, 0.1) is 0 Å². The van der Waals surface area contributed by atoms with E-state index in [4.69, 9.17) is 0 Å². The van der Waals surface area contributed by atoms with Gasteiger partial charge in [-0.3, -0.25) is 0 Å². The van der Waals surface area contributed by atoms with Gasteiger partial charge in [-0.25, -0.2) is 15.0 Å². The third kappa shape index (κ3) is 3.94. The van der Waals surface area contributed by atoms with Crippen LogP contribution in [0.15, 0.2) is 24.8 Å². The van der Waals surface area contributed by atoms with Gasteiger partial charge >= 0.3 is 0 Å². The van der Waals surface area contributed by atoms with Crippen LogP contribution in [0.3, 0.4) is 0 Å². The van der Waals surface area contributed by atoms with Crippen LogP contribution < -0.4 is 10.6 Å². The first kappa shape index (κ1) is 13.3. The first-order chi connectivity index (χ1) is 9.31. The molecule has 0 aliphatic rings. The summed E-state index contributed by atoms with van der Waals surface area (Å²) in [6.45, 7) is 3.89. The lowest BCUT2D eigenvalue weighted by molar-refractivity contribution is 0.660. The fraction of sp³-hybridized carbons (Fsp3) is 0.462. The van der Waals surface area contributed by atoms with E-state index in [2.05, 4.69) is 37.1 Å². The quantitative estimate of drug-likeness (QED) is 0.743. The van der Waals surface area contributed by atoms with E-state index in [1.807, 2.05) is 25.6 Å². The molecule has 2 N–H and O–H groups in total. The average molecular weight is 260 g/mol. The molecule has 19 heavy (non-hydrogen) atoms. The van der Waals surface area contributed by atoms with Gasteiger partial charge in [0, 0.05) is 45.0 Å². The lowest BCUT2D eigenvalue weighted by Crippen LogP contribution is -2.09. The highest BCUT2D eigenvalue weighted by Crippen LogP contribution is 2.11. The van der Waals surface area contributed by atoms with Crippen LogP contribution in [0.1, 0.15) is 19.2 Å². The first-order valence-electron chi connectivity index (χ1n) is 6.57. The van der Waals surface area contributed by atoms with Gasteiger partial charge in [-0.15, -0.1) is 0 Å². The van der Waals surface area contributed by atoms with Gasteiger partial charge in [0.25, 0.3) is 0 Å². The van der Waals surface area contributed by atoms with Gasteiger partial charge in [0.15, 0.2) is 0 Å². The molecule has 0 aliphatic heterocycles. The molecule has 2 aromatic rings. The van der Waals surface area contributed by atoms with Crippen molar-refractivity contribution in [3.8, 4) is 0 Å². The maximum absolute atomic E-state index is 4.45. The molecule has 6 heteroatoms. The number of imidazole rings is 1. The summed E-state index contributed by atoms with van der Waals surface area (Å²) >= 11 is 0. The van der Waals surface area contributed by atoms with Crippen molar-refractivity contribution in [1.82, 2.24) is 19.5 Å². The lowest BCUT2D eigenvalue weighted by Gasteiger charge is -2.09. The van der Waals surface area contributed by atoms with Crippen molar-refractivity contribution in [3.63, 3.8) is 0 Å². The molecule has 2 heterocycles. The Morgan fingerprint density at radius 2 is 2.11 bits per heavy atom. The molecule has 0 atom stereocenters. The second-order valence-electron chi connectivity index (χ2n) is 4.24.